The Morgan fingerprint density at radius 1 is 0.800 bits per heavy atom. The Hall–Kier alpha value is -0.180. The van der Waals surface area contributed by atoms with Gasteiger partial charge in [0.05, 0.1) is 0 Å². The van der Waals surface area contributed by atoms with Gasteiger partial charge in [-0.1, -0.05) is 0 Å². The van der Waals surface area contributed by atoms with Crippen LogP contribution in [0.25, 0.3) is 0 Å². The van der Waals surface area contributed by atoms with Crippen LogP contribution >= 0.6 is 0 Å². The number of carboxylic acid groups (broad SMARTS) is 2. The van der Waals surface area contributed by atoms with Crippen molar-refractivity contribution in [2.75, 3.05) is 0 Å². The summed E-state index contributed by atoms with van der Waals surface area (Å²) >= 11 is 0. The number of carbonyl (C=O) groups is 2. The molecule has 0 aliphatic carbocycles. The Morgan fingerprint density at radius 3 is 0.900 bits per heavy atom. The van der Waals surface area contributed by atoms with Gasteiger partial charge in [-0.15, -0.1) is 0 Å². The van der Waals surface area contributed by atoms with E-state index in [0.29, 0.717) is 0 Å². The summed E-state index contributed by atoms with van der Waals surface area (Å²) in [4.78, 5) is 18.2. The van der Waals surface area contributed by atoms with Gasteiger partial charge >= 0.3 is 41.5 Å². The molecule has 0 fully saturated rings. The number of aliphatic carboxylic acids is 2. The zero-order valence-corrected chi connectivity index (χ0v) is 4.21. The van der Waals surface area contributed by atoms with Gasteiger partial charge in [0.25, 0.3) is 0 Å². The van der Waals surface area contributed by atoms with E-state index >= 15 is 0 Å². The van der Waals surface area contributed by atoms with Crippen LogP contribution in [0.5, 0.6) is 0 Å². The van der Waals surface area contributed by atoms with E-state index in [1.807, 2.05) is 0 Å². The van der Waals surface area contributed by atoms with Crippen molar-refractivity contribution in [3.05, 3.63) is 0 Å². The number of hydrogen-bond donors (Lipinski definition) is 2. The van der Waals surface area contributed by atoms with Crippen LogP contribution in [-0.2, 0) is 9.59 Å². The van der Waals surface area contributed by atoms with Crippen LogP contribution in [0.4, 0.5) is 0 Å². The zero-order valence-electron chi connectivity index (χ0n) is 4.21. The predicted molar refractivity (Wildman–Crippen MR) is 33.3 cm³/mol. The van der Waals surface area contributed by atoms with Gasteiger partial charge in [-0.25, -0.2) is 9.59 Å². The summed E-state index contributed by atoms with van der Waals surface area (Å²) in [5.41, 5.74) is 0. The molecule has 7 nitrogen and oxygen atoms in total. The van der Waals surface area contributed by atoms with Crippen molar-refractivity contribution in [1.82, 2.24) is 0 Å². The third-order valence-corrected chi connectivity index (χ3v) is 0.183. The van der Waals surface area contributed by atoms with Crippen LogP contribution < -0.4 is 0 Å². The molecule has 0 saturated carbocycles. The maximum absolute atomic E-state index is 9.10. The van der Waals surface area contributed by atoms with Gasteiger partial charge in [0.15, 0.2) is 0 Å². The van der Waals surface area contributed by atoms with E-state index in [9.17, 15) is 0 Å². The van der Waals surface area contributed by atoms with Crippen molar-refractivity contribution in [2.45, 2.75) is 0 Å². The fraction of sp³-hybridized carbons (Fsp3) is 0. The third-order valence-electron chi connectivity index (χ3n) is 0.183. The SMILES string of the molecule is O.O.O.O=C(O)C(=O)O.[NaH]. The number of hydrogen-bond acceptors (Lipinski definition) is 2. The van der Waals surface area contributed by atoms with Crippen molar-refractivity contribution in [3.8, 4) is 0 Å². The van der Waals surface area contributed by atoms with E-state index in [2.05, 4.69) is 0 Å². The van der Waals surface area contributed by atoms with Gasteiger partial charge in [-0.3, -0.25) is 0 Å². The second-order valence-electron chi connectivity index (χ2n) is 0.610. The first kappa shape index (κ1) is 32.9. The van der Waals surface area contributed by atoms with Crippen LogP contribution in [-0.4, -0.2) is 68.1 Å². The molecule has 60 valence electrons. The Kier molecular flexibility index (Phi) is 52.4. The summed E-state index contributed by atoms with van der Waals surface area (Å²) in [6, 6.07) is 0. The van der Waals surface area contributed by atoms with Crippen molar-refractivity contribution in [1.29, 1.82) is 0 Å². The molecule has 0 aromatic carbocycles. The molecular weight excluding hydrogens is 159 g/mol. The summed E-state index contributed by atoms with van der Waals surface area (Å²) in [5, 5.41) is 14.8. The van der Waals surface area contributed by atoms with Crippen LogP contribution in [0.2, 0.25) is 0 Å². The molecule has 0 saturated heterocycles. The van der Waals surface area contributed by atoms with E-state index in [-0.39, 0.29) is 46.0 Å². The van der Waals surface area contributed by atoms with Gasteiger partial charge in [-0.2, -0.15) is 0 Å². The molecule has 0 aliphatic rings. The minimum absolute atomic E-state index is 0. The Balaban J connectivity index is -0.0000000208. The number of rotatable bonds is 0. The fourth-order valence-electron chi connectivity index (χ4n) is 0. The predicted octanol–water partition coefficient (Wildman–Crippen LogP) is -3.97. The van der Waals surface area contributed by atoms with E-state index in [1.165, 1.54) is 0 Å². The second-order valence-corrected chi connectivity index (χ2v) is 0.610. The standard InChI is InChI=1S/C2H2O4.Na.3H2O.H/c3-1(4)2(5)6;;;;;/h(H,3,4)(H,5,6);;3*1H2;. The average molecular weight is 168 g/mol. The van der Waals surface area contributed by atoms with Gasteiger partial charge < -0.3 is 26.6 Å². The van der Waals surface area contributed by atoms with Crippen LogP contribution in [0.1, 0.15) is 0 Å². The molecule has 8 N–H and O–H groups in total. The van der Waals surface area contributed by atoms with E-state index in [0.717, 1.165) is 0 Å². The van der Waals surface area contributed by atoms with Gasteiger partial charge in [0.2, 0.25) is 0 Å². The van der Waals surface area contributed by atoms with Crippen molar-refractivity contribution in [3.63, 3.8) is 0 Å². The Morgan fingerprint density at radius 2 is 0.900 bits per heavy atom. The molecule has 0 rings (SSSR count). The summed E-state index contributed by atoms with van der Waals surface area (Å²) < 4.78 is 0. The molecule has 0 spiro atoms. The van der Waals surface area contributed by atoms with Gasteiger partial charge in [-0.05, 0) is 0 Å². The summed E-state index contributed by atoms with van der Waals surface area (Å²) in [7, 11) is 0. The molecule has 0 bridgehead atoms. The Labute approximate surface area is 77.9 Å². The summed E-state index contributed by atoms with van der Waals surface area (Å²) in [6.07, 6.45) is 0. The normalized spacial score (nSPS) is 4.40. The number of carboxylic acids is 2. The van der Waals surface area contributed by atoms with E-state index in [1.54, 1.807) is 0 Å². The molecule has 0 amide bonds. The molecule has 0 atom stereocenters. The molecule has 0 aromatic heterocycles. The minimum atomic E-state index is -1.82. The first-order valence-corrected chi connectivity index (χ1v) is 1.11. The molecule has 0 heterocycles. The van der Waals surface area contributed by atoms with E-state index < -0.39 is 11.9 Å². The van der Waals surface area contributed by atoms with Gasteiger partial charge in [0, 0.05) is 0 Å². The fourth-order valence-corrected chi connectivity index (χ4v) is 0. The third kappa shape index (κ3) is 24.9. The molecule has 8 heteroatoms. The monoisotopic (exact) mass is 168 g/mol. The van der Waals surface area contributed by atoms with Gasteiger partial charge in [0.1, 0.15) is 0 Å². The molecular formula is C2H9NaO7. The summed E-state index contributed by atoms with van der Waals surface area (Å²) in [5.74, 6) is -3.65. The summed E-state index contributed by atoms with van der Waals surface area (Å²) in [6.45, 7) is 0. The first-order chi connectivity index (χ1) is 2.64. The molecule has 0 aromatic rings. The van der Waals surface area contributed by atoms with Crippen LogP contribution in [0.15, 0.2) is 0 Å². The van der Waals surface area contributed by atoms with Crippen molar-refractivity contribution < 1.29 is 36.2 Å². The molecule has 0 aliphatic heterocycles. The quantitative estimate of drug-likeness (QED) is 0.278. The average Bonchev–Trinajstić information content (AvgIpc) is 1.36. The Bertz CT molecular complexity index is 77.6. The second kappa shape index (κ2) is 15.9. The molecule has 0 unspecified atom stereocenters. The van der Waals surface area contributed by atoms with Crippen molar-refractivity contribution >= 4 is 41.5 Å². The van der Waals surface area contributed by atoms with Crippen molar-refractivity contribution in [2.24, 2.45) is 0 Å². The zero-order chi connectivity index (χ0) is 5.15. The topological polar surface area (TPSA) is 169 Å². The van der Waals surface area contributed by atoms with E-state index in [4.69, 9.17) is 19.8 Å². The first-order valence-electron chi connectivity index (χ1n) is 1.11. The molecule has 10 heavy (non-hydrogen) atoms. The van der Waals surface area contributed by atoms with Crippen LogP contribution in [0, 0.1) is 0 Å². The van der Waals surface area contributed by atoms with Crippen LogP contribution in [0.3, 0.4) is 0 Å². The molecule has 0 radical (unpaired) electrons. The maximum atomic E-state index is 9.10.